The summed E-state index contributed by atoms with van der Waals surface area (Å²) < 4.78 is 1.48. The minimum atomic E-state index is -0.0395. The maximum atomic E-state index is 11.2. The van der Waals surface area contributed by atoms with Gasteiger partial charge in [-0.25, -0.2) is 4.68 Å². The summed E-state index contributed by atoms with van der Waals surface area (Å²) in [5.41, 5.74) is 0.800. The Morgan fingerprint density at radius 2 is 2.33 bits per heavy atom. The quantitative estimate of drug-likeness (QED) is 0.713. The van der Waals surface area contributed by atoms with Crippen LogP contribution >= 0.6 is 12.6 Å². The van der Waals surface area contributed by atoms with Gasteiger partial charge in [0.25, 0.3) is 5.56 Å². The Labute approximate surface area is 76.8 Å². The third-order valence-corrected chi connectivity index (χ3v) is 1.84. The van der Waals surface area contributed by atoms with Gasteiger partial charge in [0.2, 0.25) is 0 Å². The summed E-state index contributed by atoms with van der Waals surface area (Å²) in [5.74, 6) is 0.573. The summed E-state index contributed by atoms with van der Waals surface area (Å²) in [4.78, 5) is 11.2. The first-order valence-corrected chi connectivity index (χ1v) is 4.59. The Kier molecular flexibility index (Phi) is 3.34. The van der Waals surface area contributed by atoms with Crippen molar-refractivity contribution in [1.29, 1.82) is 0 Å². The molecule has 0 aliphatic carbocycles. The van der Waals surface area contributed by atoms with Gasteiger partial charge in [0.05, 0.1) is 5.69 Å². The van der Waals surface area contributed by atoms with Crippen molar-refractivity contribution in [2.45, 2.75) is 25.6 Å². The van der Waals surface area contributed by atoms with E-state index in [0.717, 1.165) is 12.1 Å². The van der Waals surface area contributed by atoms with Gasteiger partial charge in [-0.15, -0.1) is 0 Å². The molecule has 1 heterocycles. The average Bonchev–Trinajstić information content (AvgIpc) is 2.09. The molecule has 0 aliphatic rings. The van der Waals surface area contributed by atoms with Crippen molar-refractivity contribution in [2.75, 3.05) is 0 Å². The van der Waals surface area contributed by atoms with Gasteiger partial charge in [0, 0.05) is 18.4 Å². The number of nitrogens with zero attached hydrogens (tertiary/aromatic N) is 2. The second kappa shape index (κ2) is 4.30. The maximum Gasteiger partial charge on any atom is 0.266 e. The van der Waals surface area contributed by atoms with Gasteiger partial charge in [0.1, 0.15) is 0 Å². The highest BCUT2D eigenvalue weighted by Gasteiger charge is 1.96. The van der Waals surface area contributed by atoms with Crippen molar-refractivity contribution < 1.29 is 0 Å². The van der Waals surface area contributed by atoms with Crippen LogP contribution in [0.15, 0.2) is 16.9 Å². The normalized spacial score (nSPS) is 10.2. The monoisotopic (exact) mass is 184 g/mol. The van der Waals surface area contributed by atoms with Crippen molar-refractivity contribution in [2.24, 2.45) is 0 Å². The standard InChI is InChI=1S/C8H12N2OS/c1-2-5-10-8(11)4-3-7(6-12)9-10/h3-4,12H,2,5-6H2,1H3. The molecule has 0 aliphatic heterocycles. The van der Waals surface area contributed by atoms with E-state index in [-0.39, 0.29) is 5.56 Å². The Bertz CT molecular complexity index is 308. The number of hydrogen-bond donors (Lipinski definition) is 1. The van der Waals surface area contributed by atoms with Crippen LogP contribution in [0, 0.1) is 0 Å². The minimum absolute atomic E-state index is 0.0395. The van der Waals surface area contributed by atoms with Crippen LogP contribution in [0.5, 0.6) is 0 Å². The lowest BCUT2D eigenvalue weighted by Crippen LogP contribution is -2.22. The van der Waals surface area contributed by atoms with Crippen LogP contribution in [-0.4, -0.2) is 9.78 Å². The lowest BCUT2D eigenvalue weighted by atomic mass is 10.4. The third kappa shape index (κ3) is 2.11. The smallest absolute Gasteiger partial charge is 0.266 e. The van der Waals surface area contributed by atoms with Gasteiger partial charge in [-0.3, -0.25) is 4.79 Å². The highest BCUT2D eigenvalue weighted by Crippen LogP contribution is 1.95. The molecule has 0 spiro atoms. The van der Waals surface area contributed by atoms with Crippen molar-refractivity contribution in [3.63, 3.8) is 0 Å². The van der Waals surface area contributed by atoms with E-state index >= 15 is 0 Å². The molecule has 0 unspecified atom stereocenters. The predicted molar refractivity (Wildman–Crippen MR) is 51.5 cm³/mol. The van der Waals surface area contributed by atoms with E-state index in [2.05, 4.69) is 17.7 Å². The summed E-state index contributed by atoms with van der Waals surface area (Å²) in [7, 11) is 0. The van der Waals surface area contributed by atoms with Crippen molar-refractivity contribution in [3.8, 4) is 0 Å². The first kappa shape index (κ1) is 9.32. The van der Waals surface area contributed by atoms with E-state index in [1.54, 1.807) is 6.07 Å². The van der Waals surface area contributed by atoms with Crippen molar-refractivity contribution in [1.82, 2.24) is 9.78 Å². The molecule has 0 atom stereocenters. The molecule has 0 N–H and O–H groups in total. The van der Waals surface area contributed by atoms with E-state index in [1.165, 1.54) is 10.7 Å². The van der Waals surface area contributed by atoms with Crippen LogP contribution in [0.4, 0.5) is 0 Å². The van der Waals surface area contributed by atoms with Crippen molar-refractivity contribution in [3.05, 3.63) is 28.2 Å². The number of rotatable bonds is 3. The fourth-order valence-electron chi connectivity index (χ4n) is 0.948. The Hall–Kier alpha value is -0.770. The molecular formula is C8H12N2OS. The molecule has 1 rings (SSSR count). The number of hydrogen-bond acceptors (Lipinski definition) is 3. The van der Waals surface area contributed by atoms with Crippen molar-refractivity contribution >= 4 is 12.6 Å². The fourth-order valence-corrected chi connectivity index (χ4v) is 1.12. The Morgan fingerprint density at radius 1 is 1.58 bits per heavy atom. The second-order valence-corrected chi connectivity index (χ2v) is 2.86. The third-order valence-electron chi connectivity index (χ3n) is 1.52. The lowest BCUT2D eigenvalue weighted by Gasteiger charge is -2.02. The molecule has 0 bridgehead atoms. The molecule has 1 aromatic rings. The van der Waals surface area contributed by atoms with Crippen LogP contribution in [0.1, 0.15) is 19.0 Å². The van der Waals surface area contributed by atoms with Gasteiger partial charge in [-0.05, 0) is 12.5 Å². The summed E-state index contributed by atoms with van der Waals surface area (Å²) in [6.45, 7) is 2.70. The molecule has 66 valence electrons. The summed E-state index contributed by atoms with van der Waals surface area (Å²) in [6.07, 6.45) is 0.920. The molecule has 0 amide bonds. The zero-order valence-electron chi connectivity index (χ0n) is 7.03. The zero-order chi connectivity index (χ0) is 8.97. The largest absolute Gasteiger partial charge is 0.268 e. The van der Waals surface area contributed by atoms with Crippen LogP contribution in [0.25, 0.3) is 0 Å². The molecule has 0 aromatic carbocycles. The SMILES string of the molecule is CCCn1nc(CS)ccc1=O. The Morgan fingerprint density at radius 3 is 2.92 bits per heavy atom. The maximum absolute atomic E-state index is 11.2. The molecule has 3 nitrogen and oxygen atoms in total. The topological polar surface area (TPSA) is 34.9 Å². The van der Waals surface area contributed by atoms with Crippen LogP contribution in [-0.2, 0) is 12.3 Å². The van der Waals surface area contributed by atoms with E-state index in [1.807, 2.05) is 6.92 Å². The second-order valence-electron chi connectivity index (χ2n) is 2.54. The predicted octanol–water partition coefficient (Wildman–Crippen LogP) is 1.08. The molecular weight excluding hydrogens is 172 g/mol. The average molecular weight is 184 g/mol. The molecule has 0 fully saturated rings. The summed E-state index contributed by atoms with van der Waals surface area (Å²) in [6, 6.07) is 3.25. The highest BCUT2D eigenvalue weighted by atomic mass is 32.1. The molecule has 1 aromatic heterocycles. The van der Waals surface area contributed by atoms with E-state index in [9.17, 15) is 4.79 Å². The molecule has 0 saturated heterocycles. The summed E-state index contributed by atoms with van der Waals surface area (Å²) >= 11 is 4.08. The zero-order valence-corrected chi connectivity index (χ0v) is 7.92. The van der Waals surface area contributed by atoms with E-state index in [4.69, 9.17) is 0 Å². The first-order valence-electron chi connectivity index (χ1n) is 3.96. The molecule has 0 saturated carbocycles. The van der Waals surface area contributed by atoms with E-state index in [0.29, 0.717) is 12.3 Å². The lowest BCUT2D eigenvalue weighted by molar-refractivity contribution is 0.560. The number of aromatic nitrogens is 2. The van der Waals surface area contributed by atoms with Gasteiger partial charge in [0.15, 0.2) is 0 Å². The fraction of sp³-hybridized carbons (Fsp3) is 0.500. The van der Waals surface area contributed by atoms with Gasteiger partial charge >= 0.3 is 0 Å². The van der Waals surface area contributed by atoms with E-state index < -0.39 is 0 Å². The van der Waals surface area contributed by atoms with Gasteiger partial charge in [-0.1, -0.05) is 6.92 Å². The Balaban J connectivity index is 3.00. The van der Waals surface area contributed by atoms with Gasteiger partial charge in [-0.2, -0.15) is 17.7 Å². The number of aryl methyl sites for hydroxylation is 1. The van der Waals surface area contributed by atoms with Crippen LogP contribution < -0.4 is 5.56 Å². The molecule has 0 radical (unpaired) electrons. The number of thiol groups is 1. The van der Waals surface area contributed by atoms with Crippen LogP contribution in [0.2, 0.25) is 0 Å². The van der Waals surface area contributed by atoms with Gasteiger partial charge < -0.3 is 0 Å². The minimum Gasteiger partial charge on any atom is -0.268 e. The highest BCUT2D eigenvalue weighted by molar-refractivity contribution is 7.79. The molecule has 4 heteroatoms. The first-order chi connectivity index (χ1) is 5.77. The van der Waals surface area contributed by atoms with Crippen LogP contribution in [0.3, 0.4) is 0 Å². The summed E-state index contributed by atoms with van der Waals surface area (Å²) in [5, 5.41) is 4.11. The molecule has 12 heavy (non-hydrogen) atoms.